The topological polar surface area (TPSA) is 113 Å². The van der Waals surface area contributed by atoms with Gasteiger partial charge < -0.3 is 16.2 Å². The van der Waals surface area contributed by atoms with Crippen LogP contribution in [0, 0.1) is 5.92 Å². The molecule has 1 unspecified atom stereocenters. The number of aliphatic hydroxyl groups excluding tert-OH is 1. The minimum atomic E-state index is -0.527. The third-order valence-corrected chi connectivity index (χ3v) is 2.91. The fourth-order valence-corrected chi connectivity index (χ4v) is 1.64. The van der Waals surface area contributed by atoms with E-state index in [0.717, 1.165) is 12.8 Å². The van der Waals surface area contributed by atoms with Crippen LogP contribution in [0.4, 0.5) is 11.5 Å². The van der Waals surface area contributed by atoms with Gasteiger partial charge in [0.1, 0.15) is 11.5 Å². The molecular formula is C12H22N4O3. The van der Waals surface area contributed by atoms with Crippen molar-refractivity contribution in [1.29, 1.82) is 0 Å². The number of nitrogens with one attached hydrogen (secondary N) is 2. The minimum absolute atomic E-state index is 0.00480. The summed E-state index contributed by atoms with van der Waals surface area (Å²) in [6.07, 6.45) is 1.73. The Morgan fingerprint density at radius 2 is 2.16 bits per heavy atom. The summed E-state index contributed by atoms with van der Waals surface area (Å²) in [5.74, 6) is 0.141. The number of aromatic nitrogens is 2. The third kappa shape index (κ3) is 3.85. The fraction of sp³-hybridized carbons (Fsp3) is 0.667. The van der Waals surface area contributed by atoms with Crippen LogP contribution in [-0.2, 0) is 6.54 Å². The Morgan fingerprint density at radius 3 is 2.74 bits per heavy atom. The normalized spacial score (nSPS) is 12.4. The summed E-state index contributed by atoms with van der Waals surface area (Å²) >= 11 is 0. The zero-order valence-corrected chi connectivity index (χ0v) is 11.4. The molecule has 108 valence electrons. The third-order valence-electron chi connectivity index (χ3n) is 2.91. The van der Waals surface area contributed by atoms with E-state index in [1.165, 1.54) is 4.57 Å². The molecule has 0 spiro atoms. The zero-order valence-electron chi connectivity index (χ0n) is 11.4. The highest BCUT2D eigenvalue weighted by Gasteiger charge is 2.12. The van der Waals surface area contributed by atoms with E-state index < -0.39 is 11.2 Å². The molecular weight excluding hydrogens is 248 g/mol. The van der Waals surface area contributed by atoms with E-state index in [1.807, 2.05) is 13.8 Å². The predicted molar refractivity (Wildman–Crippen MR) is 75.4 cm³/mol. The molecule has 0 aromatic carbocycles. The first-order valence-electron chi connectivity index (χ1n) is 6.48. The number of aromatic amines is 1. The standard InChI is InChI=1S/C12H22N4O3/c1-3-4-5-16-10(13)9(11(18)15-12(16)19)14-6-8(2)7-17/h8,14,17H,3-7,13H2,1-2H3,(H,15,18,19). The number of hydrogen-bond acceptors (Lipinski definition) is 5. The Kier molecular flexibility index (Phi) is 5.62. The molecule has 0 bridgehead atoms. The van der Waals surface area contributed by atoms with Crippen LogP contribution in [-0.4, -0.2) is 27.8 Å². The Balaban J connectivity index is 3.03. The second kappa shape index (κ2) is 6.98. The first kappa shape index (κ1) is 15.3. The molecule has 19 heavy (non-hydrogen) atoms. The van der Waals surface area contributed by atoms with Crippen molar-refractivity contribution in [3.63, 3.8) is 0 Å². The second-order valence-corrected chi connectivity index (χ2v) is 4.69. The number of anilines is 2. The Bertz CT molecular complexity index is 521. The van der Waals surface area contributed by atoms with Gasteiger partial charge >= 0.3 is 5.69 Å². The van der Waals surface area contributed by atoms with E-state index >= 15 is 0 Å². The van der Waals surface area contributed by atoms with Gasteiger partial charge in [-0.25, -0.2) is 4.79 Å². The number of H-pyrrole nitrogens is 1. The van der Waals surface area contributed by atoms with E-state index in [9.17, 15) is 9.59 Å². The molecule has 1 atom stereocenters. The number of unbranched alkanes of at least 4 members (excludes halogenated alkanes) is 1. The Hall–Kier alpha value is -1.76. The van der Waals surface area contributed by atoms with Crippen LogP contribution in [0.1, 0.15) is 26.7 Å². The van der Waals surface area contributed by atoms with Gasteiger partial charge in [0.05, 0.1) is 0 Å². The molecule has 0 aliphatic rings. The van der Waals surface area contributed by atoms with E-state index in [2.05, 4.69) is 10.3 Å². The summed E-state index contributed by atoms with van der Waals surface area (Å²) in [6.45, 7) is 4.75. The smallest absolute Gasteiger partial charge is 0.330 e. The van der Waals surface area contributed by atoms with Crippen molar-refractivity contribution in [1.82, 2.24) is 9.55 Å². The molecule has 1 rings (SSSR count). The highest BCUT2D eigenvalue weighted by atomic mass is 16.3. The summed E-state index contributed by atoms with van der Waals surface area (Å²) in [7, 11) is 0. The molecule has 0 saturated heterocycles. The van der Waals surface area contributed by atoms with Gasteiger partial charge in [-0.3, -0.25) is 14.3 Å². The van der Waals surface area contributed by atoms with Gasteiger partial charge in [-0.1, -0.05) is 20.3 Å². The van der Waals surface area contributed by atoms with Gasteiger partial charge in [0.15, 0.2) is 0 Å². The van der Waals surface area contributed by atoms with Gasteiger partial charge in [0.25, 0.3) is 5.56 Å². The van der Waals surface area contributed by atoms with Crippen molar-refractivity contribution in [2.45, 2.75) is 33.2 Å². The number of rotatable bonds is 7. The van der Waals surface area contributed by atoms with Crippen LogP contribution in [0.5, 0.6) is 0 Å². The summed E-state index contributed by atoms with van der Waals surface area (Å²) < 4.78 is 1.36. The zero-order chi connectivity index (χ0) is 14.4. The number of hydrogen-bond donors (Lipinski definition) is 4. The summed E-state index contributed by atoms with van der Waals surface area (Å²) in [5.41, 5.74) is 5.05. The van der Waals surface area contributed by atoms with Crippen molar-refractivity contribution >= 4 is 11.5 Å². The number of nitrogens with zero attached hydrogens (tertiary/aromatic N) is 1. The highest BCUT2D eigenvalue weighted by molar-refractivity contribution is 5.60. The first-order chi connectivity index (χ1) is 9.01. The van der Waals surface area contributed by atoms with Crippen molar-refractivity contribution in [3.05, 3.63) is 20.8 Å². The van der Waals surface area contributed by atoms with Crippen molar-refractivity contribution < 1.29 is 5.11 Å². The maximum absolute atomic E-state index is 11.7. The fourth-order valence-electron chi connectivity index (χ4n) is 1.64. The van der Waals surface area contributed by atoms with Crippen LogP contribution in [0.15, 0.2) is 9.59 Å². The summed E-state index contributed by atoms with van der Waals surface area (Å²) in [5, 5.41) is 11.8. The first-order valence-corrected chi connectivity index (χ1v) is 6.48. The summed E-state index contributed by atoms with van der Waals surface area (Å²) in [6, 6.07) is 0. The molecule has 7 nitrogen and oxygen atoms in total. The molecule has 1 heterocycles. The second-order valence-electron chi connectivity index (χ2n) is 4.69. The van der Waals surface area contributed by atoms with Crippen molar-refractivity contribution in [3.8, 4) is 0 Å². The van der Waals surface area contributed by atoms with Crippen LogP contribution in [0.2, 0.25) is 0 Å². The van der Waals surface area contributed by atoms with E-state index in [1.54, 1.807) is 0 Å². The van der Waals surface area contributed by atoms with E-state index in [0.29, 0.717) is 13.1 Å². The molecule has 0 aliphatic heterocycles. The molecule has 0 fully saturated rings. The Labute approximate surface area is 111 Å². The lowest BCUT2D eigenvalue weighted by molar-refractivity contribution is 0.244. The molecule has 1 aromatic heterocycles. The summed E-state index contributed by atoms with van der Waals surface area (Å²) in [4.78, 5) is 25.6. The van der Waals surface area contributed by atoms with E-state index in [-0.39, 0.29) is 24.0 Å². The maximum Gasteiger partial charge on any atom is 0.330 e. The van der Waals surface area contributed by atoms with Gasteiger partial charge in [0, 0.05) is 19.7 Å². The number of nitrogens with two attached hydrogens (primary N) is 1. The molecule has 0 saturated carbocycles. The lowest BCUT2D eigenvalue weighted by Crippen LogP contribution is -2.34. The lowest BCUT2D eigenvalue weighted by atomic mass is 10.2. The van der Waals surface area contributed by atoms with Crippen LogP contribution >= 0.6 is 0 Å². The van der Waals surface area contributed by atoms with Gasteiger partial charge in [0.2, 0.25) is 0 Å². The molecule has 0 radical (unpaired) electrons. The average molecular weight is 270 g/mol. The van der Waals surface area contributed by atoms with E-state index in [4.69, 9.17) is 10.8 Å². The predicted octanol–water partition coefficient (Wildman–Crippen LogP) is -0.0408. The molecule has 1 aromatic rings. The monoisotopic (exact) mass is 270 g/mol. The molecule has 0 aliphatic carbocycles. The van der Waals surface area contributed by atoms with Gasteiger partial charge in [-0.15, -0.1) is 0 Å². The van der Waals surface area contributed by atoms with Gasteiger partial charge in [-0.05, 0) is 12.3 Å². The van der Waals surface area contributed by atoms with Crippen LogP contribution in [0.3, 0.4) is 0 Å². The maximum atomic E-state index is 11.7. The van der Waals surface area contributed by atoms with Crippen molar-refractivity contribution in [2.75, 3.05) is 24.2 Å². The molecule has 0 amide bonds. The van der Waals surface area contributed by atoms with Crippen molar-refractivity contribution in [2.24, 2.45) is 5.92 Å². The van der Waals surface area contributed by atoms with Crippen LogP contribution < -0.4 is 22.3 Å². The minimum Gasteiger partial charge on any atom is -0.396 e. The van der Waals surface area contributed by atoms with Crippen LogP contribution in [0.25, 0.3) is 0 Å². The SMILES string of the molecule is CCCCn1c(N)c(NCC(C)CO)c(=O)[nH]c1=O. The number of aliphatic hydroxyl groups is 1. The Morgan fingerprint density at radius 1 is 1.47 bits per heavy atom. The highest BCUT2D eigenvalue weighted by Crippen LogP contribution is 2.11. The molecule has 5 N–H and O–H groups in total. The quantitative estimate of drug-likeness (QED) is 0.555. The largest absolute Gasteiger partial charge is 0.396 e. The lowest BCUT2D eigenvalue weighted by Gasteiger charge is -2.15. The average Bonchev–Trinajstić information content (AvgIpc) is 2.37. The number of nitrogen functional groups attached to an aromatic ring is 1. The molecule has 7 heteroatoms. The van der Waals surface area contributed by atoms with Gasteiger partial charge in [-0.2, -0.15) is 0 Å².